The highest BCUT2D eigenvalue weighted by Gasteiger charge is 2.38. The number of carbonyl (C=O) groups excluding carboxylic acids is 1. The number of fused-ring (bicyclic) bond motifs is 1. The summed E-state index contributed by atoms with van der Waals surface area (Å²) in [6, 6.07) is 28.9. The molecule has 1 saturated heterocycles. The van der Waals surface area contributed by atoms with Crippen LogP contribution in [0.4, 0.5) is 5.69 Å². The van der Waals surface area contributed by atoms with Crippen molar-refractivity contribution in [2.24, 2.45) is 0 Å². The molecule has 1 amide bonds. The Morgan fingerprint density at radius 2 is 1.44 bits per heavy atom. The number of rotatable bonds is 7. The Morgan fingerprint density at radius 3 is 2.06 bits per heavy atom. The van der Waals surface area contributed by atoms with Crippen LogP contribution in [0, 0.1) is 0 Å². The minimum Gasteiger partial charge on any atom is -0.369 e. The minimum atomic E-state index is 0.242. The average Bonchev–Trinajstić information content (AvgIpc) is 3.69. The van der Waals surface area contributed by atoms with Gasteiger partial charge in [-0.25, -0.2) is 0 Å². The van der Waals surface area contributed by atoms with Gasteiger partial charge in [-0.05, 0) is 54.6 Å². The Labute approximate surface area is 202 Å². The number of carbonyl (C=O) groups is 1. The molecule has 0 unspecified atom stereocenters. The molecular formula is C30H33N3O. The van der Waals surface area contributed by atoms with Crippen LogP contribution in [-0.4, -0.2) is 54.5 Å². The van der Waals surface area contributed by atoms with Crippen molar-refractivity contribution in [2.75, 3.05) is 37.6 Å². The summed E-state index contributed by atoms with van der Waals surface area (Å²) >= 11 is 0. The van der Waals surface area contributed by atoms with Gasteiger partial charge >= 0.3 is 0 Å². The first-order valence-electron chi connectivity index (χ1n) is 12.8. The summed E-state index contributed by atoms with van der Waals surface area (Å²) < 4.78 is 0. The molecule has 1 saturated carbocycles. The lowest BCUT2D eigenvalue weighted by Crippen LogP contribution is -2.46. The summed E-state index contributed by atoms with van der Waals surface area (Å²) in [6.07, 6.45) is 3.46. The van der Waals surface area contributed by atoms with Gasteiger partial charge in [0.15, 0.2) is 0 Å². The smallest absolute Gasteiger partial charge is 0.254 e. The summed E-state index contributed by atoms with van der Waals surface area (Å²) in [5.74, 6) is 0.670. The number of amides is 1. The fraction of sp³-hybridized carbons (Fsp3) is 0.367. The van der Waals surface area contributed by atoms with Gasteiger partial charge in [-0.15, -0.1) is 0 Å². The number of piperazine rings is 1. The molecule has 0 N–H and O–H groups in total. The normalized spacial score (nSPS) is 18.6. The van der Waals surface area contributed by atoms with E-state index in [9.17, 15) is 4.79 Å². The first-order valence-corrected chi connectivity index (χ1v) is 12.8. The van der Waals surface area contributed by atoms with E-state index in [1.807, 2.05) is 0 Å². The topological polar surface area (TPSA) is 26.8 Å². The Hall–Kier alpha value is -3.11. The van der Waals surface area contributed by atoms with Gasteiger partial charge < -0.3 is 9.80 Å². The van der Waals surface area contributed by atoms with Gasteiger partial charge in [-0.1, -0.05) is 66.7 Å². The maximum absolute atomic E-state index is 12.8. The molecule has 0 spiro atoms. The van der Waals surface area contributed by atoms with Crippen molar-refractivity contribution in [1.29, 1.82) is 0 Å². The van der Waals surface area contributed by atoms with Crippen LogP contribution >= 0.6 is 0 Å². The van der Waals surface area contributed by atoms with E-state index in [1.165, 1.54) is 35.2 Å². The van der Waals surface area contributed by atoms with E-state index < -0.39 is 0 Å². The molecule has 3 aromatic rings. The Kier molecular flexibility index (Phi) is 5.84. The molecule has 6 rings (SSSR count). The number of hydrogen-bond acceptors (Lipinski definition) is 3. The molecule has 2 aliphatic heterocycles. The number of nitrogens with zero attached hydrogens (tertiary/aromatic N) is 3. The standard InChI is InChI=1S/C30H33N3O/c34-30-29-21-27(12-11-25(29)22-33(30)26-13-14-26)32-19-17-31(18-20-32)16-15-28(23-7-3-1-4-8-23)24-9-5-2-6-10-24/h1-12,21,26,28H,13-20,22H2. The van der Waals surface area contributed by atoms with E-state index in [4.69, 9.17) is 0 Å². The average molecular weight is 452 g/mol. The van der Waals surface area contributed by atoms with E-state index in [-0.39, 0.29) is 5.91 Å². The van der Waals surface area contributed by atoms with Crippen molar-refractivity contribution < 1.29 is 4.79 Å². The molecule has 0 aromatic heterocycles. The summed E-state index contributed by atoms with van der Waals surface area (Å²) in [5, 5.41) is 0. The van der Waals surface area contributed by atoms with E-state index >= 15 is 0 Å². The van der Waals surface area contributed by atoms with Gasteiger partial charge in [-0.3, -0.25) is 9.69 Å². The van der Waals surface area contributed by atoms with Crippen molar-refractivity contribution >= 4 is 11.6 Å². The van der Waals surface area contributed by atoms with Crippen LogP contribution in [0.15, 0.2) is 78.9 Å². The minimum absolute atomic E-state index is 0.242. The zero-order chi connectivity index (χ0) is 22.9. The quantitative estimate of drug-likeness (QED) is 0.497. The zero-order valence-corrected chi connectivity index (χ0v) is 19.8. The van der Waals surface area contributed by atoms with E-state index in [0.717, 1.165) is 51.3 Å². The van der Waals surface area contributed by atoms with Crippen LogP contribution in [0.2, 0.25) is 0 Å². The van der Waals surface area contributed by atoms with Crippen LogP contribution in [0.25, 0.3) is 0 Å². The maximum Gasteiger partial charge on any atom is 0.254 e. The molecule has 34 heavy (non-hydrogen) atoms. The second-order valence-electron chi connectivity index (χ2n) is 10.00. The molecule has 2 heterocycles. The molecule has 3 aliphatic rings. The first-order chi connectivity index (χ1) is 16.8. The van der Waals surface area contributed by atoms with Crippen molar-refractivity contribution in [1.82, 2.24) is 9.80 Å². The third-order valence-electron chi connectivity index (χ3n) is 7.79. The summed E-state index contributed by atoms with van der Waals surface area (Å²) in [6.45, 7) is 6.06. The van der Waals surface area contributed by atoms with Gasteiger partial charge in [0, 0.05) is 55.9 Å². The monoisotopic (exact) mass is 451 g/mol. The highest BCUT2D eigenvalue weighted by molar-refractivity contribution is 5.99. The Morgan fingerprint density at radius 1 is 0.794 bits per heavy atom. The van der Waals surface area contributed by atoms with E-state index in [2.05, 4.69) is 93.6 Å². The SMILES string of the molecule is O=C1c2cc(N3CCN(CCC(c4ccccc4)c4ccccc4)CC3)ccc2CN1C1CC1. The molecule has 1 aliphatic carbocycles. The molecule has 0 bridgehead atoms. The number of anilines is 1. The van der Waals surface area contributed by atoms with Crippen molar-refractivity contribution in [3.05, 3.63) is 101 Å². The van der Waals surface area contributed by atoms with Gasteiger partial charge in [-0.2, -0.15) is 0 Å². The lowest BCUT2D eigenvalue weighted by atomic mass is 9.88. The molecule has 4 nitrogen and oxygen atoms in total. The van der Waals surface area contributed by atoms with Crippen LogP contribution < -0.4 is 4.90 Å². The van der Waals surface area contributed by atoms with E-state index in [0.29, 0.717) is 12.0 Å². The fourth-order valence-electron chi connectivity index (χ4n) is 5.63. The van der Waals surface area contributed by atoms with Crippen molar-refractivity contribution in [2.45, 2.75) is 37.8 Å². The maximum atomic E-state index is 12.8. The van der Waals surface area contributed by atoms with Gasteiger partial charge in [0.2, 0.25) is 0 Å². The predicted octanol–water partition coefficient (Wildman–Crippen LogP) is 5.15. The lowest BCUT2D eigenvalue weighted by Gasteiger charge is -2.37. The highest BCUT2D eigenvalue weighted by Crippen LogP contribution is 2.36. The summed E-state index contributed by atoms with van der Waals surface area (Å²) in [4.78, 5) is 20.0. The highest BCUT2D eigenvalue weighted by atomic mass is 16.2. The van der Waals surface area contributed by atoms with Gasteiger partial charge in [0.25, 0.3) is 5.91 Å². The van der Waals surface area contributed by atoms with Crippen LogP contribution in [0.3, 0.4) is 0 Å². The third-order valence-corrected chi connectivity index (χ3v) is 7.79. The number of benzene rings is 3. The molecule has 3 aromatic carbocycles. The Bertz CT molecular complexity index is 1090. The van der Waals surface area contributed by atoms with Crippen molar-refractivity contribution in [3.8, 4) is 0 Å². The zero-order valence-electron chi connectivity index (χ0n) is 19.8. The molecule has 0 atom stereocenters. The van der Waals surface area contributed by atoms with Gasteiger partial charge in [0.1, 0.15) is 0 Å². The van der Waals surface area contributed by atoms with E-state index in [1.54, 1.807) is 0 Å². The number of hydrogen-bond donors (Lipinski definition) is 0. The molecule has 0 radical (unpaired) electrons. The van der Waals surface area contributed by atoms with Crippen LogP contribution in [-0.2, 0) is 6.54 Å². The first kappa shape index (κ1) is 21.4. The van der Waals surface area contributed by atoms with Crippen LogP contribution in [0.1, 0.15) is 52.2 Å². The predicted molar refractivity (Wildman–Crippen MR) is 137 cm³/mol. The van der Waals surface area contributed by atoms with Crippen LogP contribution in [0.5, 0.6) is 0 Å². The van der Waals surface area contributed by atoms with Gasteiger partial charge in [0.05, 0.1) is 0 Å². The summed E-state index contributed by atoms with van der Waals surface area (Å²) in [5.41, 5.74) is 6.13. The Balaban J connectivity index is 1.08. The summed E-state index contributed by atoms with van der Waals surface area (Å²) in [7, 11) is 0. The molecule has 174 valence electrons. The molecular weight excluding hydrogens is 418 g/mol. The van der Waals surface area contributed by atoms with Crippen molar-refractivity contribution in [3.63, 3.8) is 0 Å². The molecule has 4 heteroatoms. The molecule has 2 fully saturated rings. The third kappa shape index (κ3) is 4.35. The second kappa shape index (κ2) is 9.27. The second-order valence-corrected chi connectivity index (χ2v) is 10.00. The lowest BCUT2D eigenvalue weighted by molar-refractivity contribution is 0.0766. The largest absolute Gasteiger partial charge is 0.369 e. The fourth-order valence-corrected chi connectivity index (χ4v) is 5.63.